The molecule has 0 radical (unpaired) electrons. The Kier molecular flexibility index (Phi) is 13.6. The molecule has 4 aromatic carbocycles. The van der Waals surface area contributed by atoms with Crippen LogP contribution in [0.2, 0.25) is 0 Å². The zero-order valence-corrected chi connectivity index (χ0v) is 31.2. The van der Waals surface area contributed by atoms with Crippen LogP contribution in [0.5, 0.6) is 23.0 Å². The third kappa shape index (κ3) is 10.8. The van der Waals surface area contributed by atoms with Gasteiger partial charge in [0.2, 0.25) is 0 Å². The maximum Gasteiger partial charge on any atom is 0.257 e. The van der Waals surface area contributed by atoms with E-state index in [4.69, 9.17) is 22.1 Å². The first-order chi connectivity index (χ1) is 27.5. The van der Waals surface area contributed by atoms with E-state index in [1.807, 2.05) is 0 Å². The average molecular weight is 827 g/mol. The third-order valence-corrected chi connectivity index (χ3v) is 10.7. The molecule has 0 fully saturated rings. The Labute approximate surface area is 332 Å². The van der Waals surface area contributed by atoms with E-state index in [0.717, 1.165) is 48.5 Å². The number of aromatic hydroxyl groups is 4. The Balaban J connectivity index is 1.76. The standard InChI is InChI=1S/C32H26N16O8S2/c1-31(37-27(53)19-7-3-15(41-45-33)11-23(19)49,38-28(54)20-8-4-16(42-46-34)12-24(20)50)57-58-32(2,39-29(55)21-9-5-17(43-47-35)13-25(21)51)40-30(56)22-10-6-18(44-48-36)14-26(22)52/h3-14,49-52H,1-2H3,(H,37,53)(H,38,54)(H,39,55)(H,40,56). The molecular weight excluding hydrogens is 801 g/mol. The van der Waals surface area contributed by atoms with Crippen molar-refractivity contribution in [2.45, 2.75) is 23.8 Å². The van der Waals surface area contributed by atoms with E-state index in [0.29, 0.717) is 21.6 Å². The number of benzene rings is 4. The summed E-state index contributed by atoms with van der Waals surface area (Å²) in [6.07, 6.45) is 0. The van der Waals surface area contributed by atoms with Crippen LogP contribution in [0.3, 0.4) is 0 Å². The molecule has 0 aliphatic carbocycles. The van der Waals surface area contributed by atoms with Gasteiger partial charge in [0.1, 0.15) is 23.0 Å². The van der Waals surface area contributed by atoms with Gasteiger partial charge in [-0.15, -0.1) is 0 Å². The summed E-state index contributed by atoms with van der Waals surface area (Å²) in [5, 5.41) is 65.8. The minimum atomic E-state index is -2.00. The lowest BCUT2D eigenvalue weighted by atomic mass is 10.1. The van der Waals surface area contributed by atoms with Gasteiger partial charge >= 0.3 is 0 Å². The molecule has 26 heteroatoms. The normalized spacial score (nSPS) is 12.2. The lowest BCUT2D eigenvalue weighted by Gasteiger charge is -2.36. The van der Waals surface area contributed by atoms with E-state index in [2.05, 4.69) is 61.4 Å². The van der Waals surface area contributed by atoms with Gasteiger partial charge in [-0.05, 0) is 106 Å². The predicted octanol–water partition coefficient (Wildman–Crippen LogP) is 8.02. The number of amides is 4. The molecule has 4 rings (SSSR count). The largest absolute Gasteiger partial charge is 0.507 e. The second-order valence-electron chi connectivity index (χ2n) is 11.6. The Morgan fingerprint density at radius 3 is 0.845 bits per heavy atom. The van der Waals surface area contributed by atoms with E-state index in [1.165, 1.54) is 38.1 Å². The van der Waals surface area contributed by atoms with Crippen LogP contribution in [-0.2, 0) is 0 Å². The molecule has 8 N–H and O–H groups in total. The van der Waals surface area contributed by atoms with Crippen LogP contribution in [0.15, 0.2) is 93.3 Å². The molecule has 0 saturated carbocycles. The number of nitrogens with zero attached hydrogens (tertiary/aromatic N) is 12. The smallest absolute Gasteiger partial charge is 0.257 e. The first-order valence-corrected chi connectivity index (χ1v) is 17.9. The van der Waals surface area contributed by atoms with Gasteiger partial charge in [0.05, 0.1) is 22.3 Å². The number of carbonyl (C=O) groups excluding carboxylic acids is 4. The molecule has 0 saturated heterocycles. The van der Waals surface area contributed by atoms with Crippen LogP contribution in [0.4, 0.5) is 22.7 Å². The monoisotopic (exact) mass is 826 g/mol. The summed E-state index contributed by atoms with van der Waals surface area (Å²) < 4.78 is 0. The maximum absolute atomic E-state index is 13.6. The summed E-state index contributed by atoms with van der Waals surface area (Å²) in [6, 6.07) is 13.4. The molecule has 0 spiro atoms. The highest BCUT2D eigenvalue weighted by molar-refractivity contribution is 8.77. The van der Waals surface area contributed by atoms with Crippen LogP contribution < -0.4 is 21.3 Å². The second kappa shape index (κ2) is 18.5. The van der Waals surface area contributed by atoms with Crippen molar-refractivity contribution >= 4 is 68.0 Å². The molecule has 0 bridgehead atoms. The highest BCUT2D eigenvalue weighted by Crippen LogP contribution is 2.41. The van der Waals surface area contributed by atoms with Gasteiger partial charge in [-0.1, -0.05) is 44.7 Å². The third-order valence-electron chi connectivity index (χ3n) is 7.33. The van der Waals surface area contributed by atoms with Gasteiger partial charge in [-0.3, -0.25) is 19.2 Å². The molecule has 0 aliphatic rings. The highest BCUT2D eigenvalue weighted by atomic mass is 33.1. The molecule has 0 unspecified atom stereocenters. The van der Waals surface area contributed by atoms with Crippen molar-refractivity contribution in [3.8, 4) is 23.0 Å². The fourth-order valence-electron chi connectivity index (χ4n) is 4.75. The van der Waals surface area contributed by atoms with E-state index in [1.54, 1.807) is 0 Å². The molecular formula is C32H26N16O8S2. The van der Waals surface area contributed by atoms with Crippen LogP contribution in [0, 0.1) is 0 Å². The molecule has 0 atom stereocenters. The Morgan fingerprint density at radius 1 is 0.466 bits per heavy atom. The van der Waals surface area contributed by atoms with Crippen molar-refractivity contribution in [3.05, 3.63) is 137 Å². The van der Waals surface area contributed by atoms with Gasteiger partial charge in [0.15, 0.2) is 9.99 Å². The van der Waals surface area contributed by atoms with Crippen molar-refractivity contribution in [2.24, 2.45) is 20.5 Å². The summed E-state index contributed by atoms with van der Waals surface area (Å²) >= 11 is 0. The molecule has 24 nitrogen and oxygen atoms in total. The Morgan fingerprint density at radius 2 is 0.672 bits per heavy atom. The summed E-state index contributed by atoms with van der Waals surface area (Å²) in [4.78, 5) is 61.0. The van der Waals surface area contributed by atoms with Crippen molar-refractivity contribution in [1.29, 1.82) is 0 Å². The molecule has 4 aromatic rings. The minimum Gasteiger partial charge on any atom is -0.507 e. The van der Waals surface area contributed by atoms with Gasteiger partial charge in [0, 0.05) is 42.4 Å². The van der Waals surface area contributed by atoms with Crippen LogP contribution in [0.1, 0.15) is 55.3 Å². The summed E-state index contributed by atoms with van der Waals surface area (Å²) in [5.41, 5.74) is 33.4. The van der Waals surface area contributed by atoms with E-state index >= 15 is 0 Å². The zero-order valence-electron chi connectivity index (χ0n) is 29.5. The molecule has 4 amide bonds. The number of carbonyl (C=O) groups is 4. The van der Waals surface area contributed by atoms with Gasteiger partial charge in [-0.2, -0.15) is 0 Å². The topological polar surface area (TPSA) is 392 Å². The van der Waals surface area contributed by atoms with E-state index < -0.39 is 56.6 Å². The van der Waals surface area contributed by atoms with Crippen LogP contribution in [-0.4, -0.2) is 54.0 Å². The van der Waals surface area contributed by atoms with E-state index in [-0.39, 0.29) is 45.0 Å². The van der Waals surface area contributed by atoms with Crippen molar-refractivity contribution in [3.63, 3.8) is 0 Å². The molecule has 0 aliphatic heterocycles. The molecule has 58 heavy (non-hydrogen) atoms. The van der Waals surface area contributed by atoms with Gasteiger partial charge in [-0.25, -0.2) is 0 Å². The SMILES string of the molecule is CC(NC(=O)c1ccc(N=[N+]=[N-])cc1O)(NC(=O)c1ccc(N=[N+]=[N-])cc1O)SSC(C)(NC(=O)c1ccc(N=[N+]=[N-])cc1O)NC(=O)c1ccc(N=[N+]=[N-])cc1O. The number of hydrogen-bond donors (Lipinski definition) is 8. The molecule has 294 valence electrons. The molecule has 0 aromatic heterocycles. The fourth-order valence-corrected chi connectivity index (χ4v) is 7.12. The predicted molar refractivity (Wildman–Crippen MR) is 210 cm³/mol. The quantitative estimate of drug-likeness (QED) is 0.0187. The maximum atomic E-state index is 13.6. The highest BCUT2D eigenvalue weighted by Gasteiger charge is 2.39. The number of azide groups is 4. The summed E-state index contributed by atoms with van der Waals surface area (Å²) in [5.74, 6) is -6.52. The van der Waals surface area contributed by atoms with Gasteiger partial charge in [0.25, 0.3) is 23.6 Å². The lowest BCUT2D eigenvalue weighted by Crippen LogP contribution is -2.59. The van der Waals surface area contributed by atoms with Crippen molar-refractivity contribution < 1.29 is 39.6 Å². The lowest BCUT2D eigenvalue weighted by molar-refractivity contribution is 0.0854. The number of phenols is 4. The number of nitrogens with one attached hydrogen (secondary N) is 4. The average Bonchev–Trinajstić information content (AvgIpc) is 3.14. The Hall–Kier alpha value is -8.10. The minimum absolute atomic E-state index is 0.0311. The zero-order chi connectivity index (χ0) is 42.6. The number of hydrogen-bond acceptors (Lipinski definition) is 14. The van der Waals surface area contributed by atoms with Crippen LogP contribution >= 0.6 is 21.6 Å². The molecule has 0 heterocycles. The van der Waals surface area contributed by atoms with Crippen molar-refractivity contribution in [2.75, 3.05) is 0 Å². The van der Waals surface area contributed by atoms with Crippen molar-refractivity contribution in [1.82, 2.24) is 21.3 Å². The first-order valence-electron chi connectivity index (χ1n) is 15.7. The second-order valence-corrected chi connectivity index (χ2v) is 14.6. The first kappa shape index (κ1) is 42.6. The van der Waals surface area contributed by atoms with Gasteiger partial charge < -0.3 is 41.7 Å². The number of phenolic OH excluding ortho intramolecular Hbond substituents is 4. The Bertz CT molecular complexity index is 2190. The fraction of sp³-hybridized carbons (Fsp3) is 0.125. The summed E-state index contributed by atoms with van der Waals surface area (Å²) in [6.45, 7) is 2.53. The van der Waals surface area contributed by atoms with Crippen LogP contribution in [0.25, 0.3) is 41.8 Å². The summed E-state index contributed by atoms with van der Waals surface area (Å²) in [7, 11) is 1.21. The number of rotatable bonds is 15. The van der Waals surface area contributed by atoms with E-state index in [9.17, 15) is 39.6 Å².